The van der Waals surface area contributed by atoms with E-state index in [4.69, 9.17) is 11.5 Å². The number of hydrogen-bond acceptors (Lipinski definition) is 2. The lowest BCUT2D eigenvalue weighted by atomic mass is 10.1. The van der Waals surface area contributed by atoms with E-state index in [1.54, 1.807) is 0 Å². The van der Waals surface area contributed by atoms with Crippen LogP contribution in [-0.2, 0) is 0 Å². The minimum absolute atomic E-state index is 0.639. The van der Waals surface area contributed by atoms with E-state index in [9.17, 15) is 17.6 Å². The van der Waals surface area contributed by atoms with Crippen molar-refractivity contribution in [3.05, 3.63) is 34.4 Å². The molecule has 0 unspecified atom stereocenters. The first-order chi connectivity index (χ1) is 6.37. The lowest BCUT2D eigenvalue weighted by molar-refractivity contribution is 0.412. The quantitative estimate of drug-likeness (QED) is 0.318. The molecule has 14 heavy (non-hydrogen) atoms. The second kappa shape index (κ2) is 3.55. The smallest absolute Gasteiger partial charge is 0.195 e. The van der Waals surface area contributed by atoms with Crippen molar-refractivity contribution in [2.45, 2.75) is 13.1 Å². The number of rotatable bonds is 1. The third kappa shape index (κ3) is 1.46. The molecule has 2 nitrogen and oxygen atoms in total. The van der Waals surface area contributed by atoms with Gasteiger partial charge in [0.2, 0.25) is 0 Å². The van der Waals surface area contributed by atoms with Crippen molar-refractivity contribution < 1.29 is 17.6 Å². The summed E-state index contributed by atoms with van der Waals surface area (Å²) in [4.78, 5) is 0. The molecular formula is C8H8F4N2. The van der Waals surface area contributed by atoms with Gasteiger partial charge in [-0.2, -0.15) is 0 Å². The molecule has 0 aliphatic rings. The minimum Gasteiger partial charge on any atom is -0.312 e. The number of halogens is 4. The summed E-state index contributed by atoms with van der Waals surface area (Å²) in [5, 5.41) is 0. The van der Waals surface area contributed by atoms with E-state index in [-0.39, 0.29) is 0 Å². The zero-order valence-electron chi connectivity index (χ0n) is 7.24. The molecule has 0 aromatic heterocycles. The highest BCUT2D eigenvalue weighted by Crippen LogP contribution is 2.25. The zero-order chi connectivity index (χ0) is 11.0. The van der Waals surface area contributed by atoms with Crippen LogP contribution >= 0.6 is 0 Å². The van der Waals surface area contributed by atoms with Gasteiger partial charge in [-0.1, -0.05) is 0 Å². The van der Waals surface area contributed by atoms with Gasteiger partial charge >= 0.3 is 0 Å². The summed E-state index contributed by atoms with van der Waals surface area (Å²) >= 11 is 0. The largest absolute Gasteiger partial charge is 0.312 e. The second-order valence-electron chi connectivity index (χ2n) is 2.82. The maximum absolute atomic E-state index is 13.1. The van der Waals surface area contributed by atoms with Crippen LogP contribution in [-0.4, -0.2) is 0 Å². The highest BCUT2D eigenvalue weighted by molar-refractivity contribution is 5.31. The van der Waals surface area contributed by atoms with Crippen LogP contribution in [0.1, 0.15) is 17.3 Å². The van der Waals surface area contributed by atoms with Gasteiger partial charge in [-0.25, -0.2) is 17.6 Å². The maximum atomic E-state index is 13.1. The number of hydrogen-bond donors (Lipinski definition) is 2. The minimum atomic E-state index is -1.76. The normalized spacial score (nSPS) is 11.1. The molecule has 0 heterocycles. The van der Waals surface area contributed by atoms with E-state index in [2.05, 4.69) is 0 Å². The van der Waals surface area contributed by atoms with E-state index >= 15 is 0 Å². The Hall–Kier alpha value is -1.14. The van der Waals surface area contributed by atoms with Crippen LogP contribution in [0.4, 0.5) is 17.6 Å². The van der Waals surface area contributed by atoms with Crippen molar-refractivity contribution in [1.29, 1.82) is 0 Å². The van der Waals surface area contributed by atoms with Crippen molar-refractivity contribution in [2.75, 3.05) is 0 Å². The third-order valence-electron chi connectivity index (χ3n) is 1.85. The summed E-state index contributed by atoms with van der Waals surface area (Å²) < 4.78 is 51.6. The number of nitrogens with two attached hydrogens (primary N) is 2. The Kier molecular flexibility index (Phi) is 2.77. The lowest BCUT2D eigenvalue weighted by Crippen LogP contribution is -2.24. The average Bonchev–Trinajstić information content (AvgIpc) is 2.11. The highest BCUT2D eigenvalue weighted by Gasteiger charge is 2.24. The standard InChI is InChI=1S/C8H8F4N2/c1-2-4(9)3(8(13)14)6(11)7(12)5(2)10/h8H,13-14H2,1H3. The summed E-state index contributed by atoms with van der Waals surface area (Å²) in [6.07, 6.45) is -1.52. The van der Waals surface area contributed by atoms with Crippen molar-refractivity contribution in [2.24, 2.45) is 11.5 Å². The van der Waals surface area contributed by atoms with Gasteiger partial charge in [-0.15, -0.1) is 0 Å². The first kappa shape index (κ1) is 10.9. The molecule has 0 radical (unpaired) electrons. The van der Waals surface area contributed by atoms with Crippen LogP contribution in [0.25, 0.3) is 0 Å². The second-order valence-corrected chi connectivity index (χ2v) is 2.82. The summed E-state index contributed by atoms with van der Waals surface area (Å²) in [6, 6.07) is 0. The molecule has 78 valence electrons. The van der Waals surface area contributed by atoms with E-state index in [0.29, 0.717) is 0 Å². The van der Waals surface area contributed by atoms with Crippen LogP contribution in [0.3, 0.4) is 0 Å². The van der Waals surface area contributed by atoms with Crippen LogP contribution in [0.15, 0.2) is 0 Å². The van der Waals surface area contributed by atoms with Gasteiger partial charge in [0.1, 0.15) is 5.82 Å². The molecule has 0 aliphatic heterocycles. The zero-order valence-corrected chi connectivity index (χ0v) is 7.24. The molecule has 0 spiro atoms. The fraction of sp³-hybridized carbons (Fsp3) is 0.250. The Morgan fingerprint density at radius 1 is 0.857 bits per heavy atom. The summed E-state index contributed by atoms with van der Waals surface area (Å²) in [6.45, 7) is 0.971. The maximum Gasteiger partial charge on any atom is 0.195 e. The molecule has 0 amide bonds. The molecule has 0 bridgehead atoms. The molecule has 0 atom stereocenters. The van der Waals surface area contributed by atoms with Crippen molar-refractivity contribution in [1.82, 2.24) is 0 Å². The summed E-state index contributed by atoms with van der Waals surface area (Å²) in [5.74, 6) is -6.26. The van der Waals surface area contributed by atoms with Crippen LogP contribution in [0, 0.1) is 30.2 Å². The molecule has 1 aromatic rings. The topological polar surface area (TPSA) is 52.0 Å². The Labute approximate surface area is 77.5 Å². The van der Waals surface area contributed by atoms with E-state index in [0.717, 1.165) is 6.92 Å². The van der Waals surface area contributed by atoms with Gasteiger partial charge in [0.25, 0.3) is 0 Å². The average molecular weight is 208 g/mol. The SMILES string of the molecule is Cc1c(F)c(F)c(F)c(C(N)N)c1F. The molecule has 1 rings (SSSR count). The van der Waals surface area contributed by atoms with Gasteiger partial charge in [-0.05, 0) is 6.92 Å². The lowest BCUT2D eigenvalue weighted by Gasteiger charge is -2.12. The highest BCUT2D eigenvalue weighted by atomic mass is 19.2. The van der Waals surface area contributed by atoms with Crippen LogP contribution in [0.5, 0.6) is 0 Å². The van der Waals surface area contributed by atoms with Gasteiger partial charge in [0, 0.05) is 5.56 Å². The fourth-order valence-electron chi connectivity index (χ4n) is 1.07. The molecule has 0 saturated carbocycles. The Morgan fingerprint density at radius 3 is 1.79 bits per heavy atom. The molecule has 0 fully saturated rings. The first-order valence-electron chi connectivity index (χ1n) is 3.71. The molecule has 4 N–H and O–H groups in total. The van der Waals surface area contributed by atoms with E-state index in [1.165, 1.54) is 0 Å². The molecular weight excluding hydrogens is 200 g/mol. The molecule has 0 saturated heterocycles. The Bertz CT molecular complexity index is 347. The summed E-state index contributed by atoms with van der Waals surface area (Å²) in [5.41, 5.74) is 8.54. The first-order valence-corrected chi connectivity index (χ1v) is 3.71. The van der Waals surface area contributed by atoms with Crippen molar-refractivity contribution in [3.8, 4) is 0 Å². The van der Waals surface area contributed by atoms with Crippen LogP contribution < -0.4 is 11.5 Å². The van der Waals surface area contributed by atoms with Gasteiger partial charge in [0.05, 0.1) is 11.7 Å². The predicted octanol–water partition coefficient (Wildman–Crippen LogP) is 1.47. The van der Waals surface area contributed by atoms with E-state index in [1.807, 2.05) is 0 Å². The summed E-state index contributed by atoms with van der Waals surface area (Å²) in [7, 11) is 0. The Balaban J connectivity index is 3.60. The van der Waals surface area contributed by atoms with Crippen molar-refractivity contribution in [3.63, 3.8) is 0 Å². The van der Waals surface area contributed by atoms with Gasteiger partial charge in [0.15, 0.2) is 17.5 Å². The number of benzene rings is 1. The van der Waals surface area contributed by atoms with Crippen LogP contribution in [0.2, 0.25) is 0 Å². The monoisotopic (exact) mass is 208 g/mol. The predicted molar refractivity (Wildman–Crippen MR) is 42.1 cm³/mol. The molecule has 0 aliphatic carbocycles. The molecule has 6 heteroatoms. The van der Waals surface area contributed by atoms with E-state index < -0.39 is 40.6 Å². The van der Waals surface area contributed by atoms with Crippen molar-refractivity contribution >= 4 is 0 Å². The molecule has 1 aromatic carbocycles. The fourth-order valence-corrected chi connectivity index (χ4v) is 1.07. The van der Waals surface area contributed by atoms with Gasteiger partial charge in [-0.3, -0.25) is 0 Å². The Morgan fingerprint density at radius 2 is 1.36 bits per heavy atom. The van der Waals surface area contributed by atoms with Gasteiger partial charge < -0.3 is 11.5 Å². The third-order valence-corrected chi connectivity index (χ3v) is 1.85.